The second-order valence-corrected chi connectivity index (χ2v) is 9.71. The molecule has 0 unspecified atom stereocenters. The molecule has 37 heavy (non-hydrogen) atoms. The molecule has 0 spiro atoms. The average molecular weight is 525 g/mol. The zero-order chi connectivity index (χ0) is 26.7. The predicted octanol–water partition coefficient (Wildman–Crippen LogP) is 3.39. The van der Waals surface area contributed by atoms with Crippen LogP contribution >= 0.6 is 12.0 Å². The summed E-state index contributed by atoms with van der Waals surface area (Å²) in [6, 6.07) is 15.0. The van der Waals surface area contributed by atoms with Gasteiger partial charge in [0.15, 0.2) is 5.60 Å². The molecule has 0 amide bonds. The topological polar surface area (TPSA) is 148 Å². The molecule has 9 nitrogen and oxygen atoms in total. The van der Waals surface area contributed by atoms with Crippen molar-refractivity contribution in [3.05, 3.63) is 87.5 Å². The molecule has 3 aromatic carbocycles. The Morgan fingerprint density at radius 3 is 1.81 bits per heavy atom. The lowest BCUT2D eigenvalue weighted by Crippen LogP contribution is -2.29. The normalized spacial score (nSPS) is 13.9. The number of aryl methyl sites for hydroxylation is 2. The highest BCUT2D eigenvalue weighted by molar-refractivity contribution is 7.95. The summed E-state index contributed by atoms with van der Waals surface area (Å²) in [6.07, 6.45) is 0. The molecule has 4 rings (SSSR count). The standard InChI is InChI=1S/C27H28N2O7S/c1-15-7-19(9-17(25(15)34)11-28-13-23(30)31)27(21-5-3-4-6-22(21)37-36-27)20-8-16(2)26(35)18(10-20)12-29-14-24(32)33/h3-10,28-29,34-35H,11-14H2,1-2H3,(H,30,31)(H,32,33). The Hall–Kier alpha value is -3.57. The molecule has 194 valence electrons. The average Bonchev–Trinajstić information content (AvgIpc) is 3.24. The number of benzene rings is 3. The van der Waals surface area contributed by atoms with Crippen molar-refractivity contribution < 1.29 is 34.2 Å². The summed E-state index contributed by atoms with van der Waals surface area (Å²) >= 11 is 1.23. The van der Waals surface area contributed by atoms with E-state index in [0.717, 1.165) is 21.6 Å². The molecule has 0 aliphatic carbocycles. The number of aliphatic carboxylic acids is 2. The fourth-order valence-corrected chi connectivity index (χ4v) is 5.48. The van der Waals surface area contributed by atoms with E-state index in [4.69, 9.17) is 14.4 Å². The second-order valence-electron chi connectivity index (χ2n) is 8.94. The zero-order valence-corrected chi connectivity index (χ0v) is 21.2. The number of hydrogen-bond acceptors (Lipinski definition) is 8. The Morgan fingerprint density at radius 2 is 1.32 bits per heavy atom. The Morgan fingerprint density at radius 1 is 0.838 bits per heavy atom. The van der Waals surface area contributed by atoms with Crippen LogP contribution in [0.2, 0.25) is 0 Å². The molecule has 0 bridgehead atoms. The van der Waals surface area contributed by atoms with Crippen molar-refractivity contribution in [2.75, 3.05) is 13.1 Å². The van der Waals surface area contributed by atoms with Crippen molar-refractivity contribution in [2.45, 2.75) is 37.4 Å². The van der Waals surface area contributed by atoms with Crippen LogP contribution in [-0.4, -0.2) is 45.5 Å². The molecule has 0 atom stereocenters. The lowest BCUT2D eigenvalue weighted by Gasteiger charge is -2.32. The van der Waals surface area contributed by atoms with E-state index in [0.29, 0.717) is 22.3 Å². The monoisotopic (exact) mass is 524 g/mol. The van der Waals surface area contributed by atoms with E-state index >= 15 is 0 Å². The van der Waals surface area contributed by atoms with Gasteiger partial charge in [-0.3, -0.25) is 13.8 Å². The number of phenols is 2. The van der Waals surface area contributed by atoms with Gasteiger partial charge in [-0.15, -0.1) is 0 Å². The fourth-order valence-electron chi connectivity index (χ4n) is 4.55. The number of aromatic hydroxyl groups is 2. The van der Waals surface area contributed by atoms with Crippen LogP contribution in [-0.2, 0) is 32.5 Å². The Bertz CT molecular complexity index is 1280. The molecular weight excluding hydrogens is 496 g/mol. The van der Waals surface area contributed by atoms with Gasteiger partial charge in [-0.25, -0.2) is 0 Å². The maximum Gasteiger partial charge on any atom is 0.317 e. The molecule has 10 heteroatoms. The van der Waals surface area contributed by atoms with E-state index in [-0.39, 0.29) is 37.7 Å². The van der Waals surface area contributed by atoms with Gasteiger partial charge in [-0.2, -0.15) is 0 Å². The first-order chi connectivity index (χ1) is 17.6. The van der Waals surface area contributed by atoms with Crippen LogP contribution in [0.1, 0.15) is 38.9 Å². The third-order valence-electron chi connectivity index (χ3n) is 6.28. The van der Waals surface area contributed by atoms with E-state index in [1.165, 1.54) is 12.0 Å². The van der Waals surface area contributed by atoms with Crippen LogP contribution in [0, 0.1) is 13.8 Å². The van der Waals surface area contributed by atoms with E-state index in [1.54, 1.807) is 26.0 Å². The first kappa shape index (κ1) is 26.5. The summed E-state index contributed by atoms with van der Waals surface area (Å²) in [5.74, 6) is -1.87. The van der Waals surface area contributed by atoms with Crippen LogP contribution in [0.15, 0.2) is 53.4 Å². The first-order valence-electron chi connectivity index (χ1n) is 11.6. The van der Waals surface area contributed by atoms with Crippen molar-refractivity contribution in [1.82, 2.24) is 10.6 Å². The highest BCUT2D eigenvalue weighted by Crippen LogP contribution is 2.54. The smallest absolute Gasteiger partial charge is 0.317 e. The predicted molar refractivity (Wildman–Crippen MR) is 138 cm³/mol. The van der Waals surface area contributed by atoms with Gasteiger partial charge in [0.2, 0.25) is 0 Å². The summed E-state index contributed by atoms with van der Waals surface area (Å²) < 4.78 is 6.49. The molecule has 0 saturated heterocycles. The number of carboxylic acid groups (broad SMARTS) is 2. The molecule has 6 N–H and O–H groups in total. The molecular formula is C27H28N2O7S. The number of carbonyl (C=O) groups is 2. The summed E-state index contributed by atoms with van der Waals surface area (Å²) in [5, 5.41) is 45.1. The molecule has 1 aliphatic rings. The minimum Gasteiger partial charge on any atom is -0.507 e. The van der Waals surface area contributed by atoms with Gasteiger partial charge in [-0.05, 0) is 66.4 Å². The van der Waals surface area contributed by atoms with Crippen molar-refractivity contribution >= 4 is 24.0 Å². The quantitative estimate of drug-likeness (QED) is 0.218. The minimum absolute atomic E-state index is 0.0659. The van der Waals surface area contributed by atoms with Gasteiger partial charge in [0, 0.05) is 46.7 Å². The number of fused-ring (bicyclic) bond motifs is 1. The molecule has 0 saturated carbocycles. The van der Waals surface area contributed by atoms with Crippen LogP contribution in [0.5, 0.6) is 11.5 Å². The SMILES string of the molecule is Cc1cc(C2(c3cc(C)c(O)c(CNCC(=O)O)c3)OSc3ccccc32)cc(CNCC(=O)O)c1O. The van der Waals surface area contributed by atoms with Gasteiger partial charge in [0.1, 0.15) is 11.5 Å². The van der Waals surface area contributed by atoms with Crippen LogP contribution < -0.4 is 10.6 Å². The number of carboxylic acids is 2. The number of phenolic OH excluding ortho intramolecular Hbond substituents is 2. The summed E-state index contributed by atoms with van der Waals surface area (Å²) in [6.45, 7) is 3.29. The molecule has 0 radical (unpaired) electrons. The van der Waals surface area contributed by atoms with E-state index < -0.39 is 17.5 Å². The molecule has 0 aromatic heterocycles. The van der Waals surface area contributed by atoms with Crippen LogP contribution in [0.3, 0.4) is 0 Å². The number of rotatable bonds is 10. The van der Waals surface area contributed by atoms with Gasteiger partial charge in [0.25, 0.3) is 0 Å². The van der Waals surface area contributed by atoms with Gasteiger partial charge in [-0.1, -0.05) is 18.2 Å². The molecule has 1 heterocycles. The van der Waals surface area contributed by atoms with Crippen molar-refractivity contribution in [2.24, 2.45) is 0 Å². The second kappa shape index (κ2) is 10.8. The third kappa shape index (κ3) is 5.28. The molecule has 1 aliphatic heterocycles. The third-order valence-corrected chi connectivity index (χ3v) is 7.15. The summed E-state index contributed by atoms with van der Waals surface area (Å²) in [5.41, 5.74) is 3.45. The zero-order valence-electron chi connectivity index (χ0n) is 20.4. The highest BCUT2D eigenvalue weighted by atomic mass is 32.2. The van der Waals surface area contributed by atoms with E-state index in [9.17, 15) is 19.8 Å². The number of nitrogens with one attached hydrogen (secondary N) is 2. The van der Waals surface area contributed by atoms with Gasteiger partial charge >= 0.3 is 11.9 Å². The van der Waals surface area contributed by atoms with Crippen molar-refractivity contribution in [3.63, 3.8) is 0 Å². The van der Waals surface area contributed by atoms with Crippen molar-refractivity contribution in [3.8, 4) is 11.5 Å². The first-order valence-corrected chi connectivity index (χ1v) is 12.3. The van der Waals surface area contributed by atoms with Crippen molar-refractivity contribution in [1.29, 1.82) is 0 Å². The molecule has 0 fully saturated rings. The fraction of sp³-hybridized carbons (Fsp3) is 0.259. The summed E-state index contributed by atoms with van der Waals surface area (Å²) in [7, 11) is 0. The largest absolute Gasteiger partial charge is 0.507 e. The highest BCUT2D eigenvalue weighted by Gasteiger charge is 2.45. The lowest BCUT2D eigenvalue weighted by atomic mass is 9.78. The maximum atomic E-state index is 11.0. The molecule has 3 aromatic rings. The van der Waals surface area contributed by atoms with Crippen LogP contribution in [0.25, 0.3) is 0 Å². The van der Waals surface area contributed by atoms with E-state index in [2.05, 4.69) is 10.6 Å². The Kier molecular flexibility index (Phi) is 7.74. The van der Waals surface area contributed by atoms with Gasteiger partial charge in [0.05, 0.1) is 13.1 Å². The maximum absolute atomic E-state index is 11.0. The summed E-state index contributed by atoms with van der Waals surface area (Å²) in [4.78, 5) is 22.9. The Labute approximate surface area is 218 Å². The minimum atomic E-state index is -1.11. The number of hydrogen-bond donors (Lipinski definition) is 6. The van der Waals surface area contributed by atoms with E-state index in [1.807, 2.05) is 36.4 Å². The van der Waals surface area contributed by atoms with Crippen LogP contribution in [0.4, 0.5) is 0 Å². The van der Waals surface area contributed by atoms with Gasteiger partial charge < -0.3 is 31.1 Å². The Balaban J connectivity index is 1.88. The lowest BCUT2D eigenvalue weighted by molar-refractivity contribution is -0.137.